The Bertz CT molecular complexity index is 790. The summed E-state index contributed by atoms with van der Waals surface area (Å²) in [6, 6.07) is 12.1. The van der Waals surface area contributed by atoms with Crippen molar-refractivity contribution in [3.8, 4) is 11.4 Å². The highest BCUT2D eigenvalue weighted by Crippen LogP contribution is 2.31. The van der Waals surface area contributed by atoms with Gasteiger partial charge in [0.1, 0.15) is 5.82 Å². The van der Waals surface area contributed by atoms with Gasteiger partial charge in [-0.25, -0.2) is 4.98 Å². The molecule has 3 aromatic rings. The van der Waals surface area contributed by atoms with Crippen molar-refractivity contribution in [3.63, 3.8) is 0 Å². The minimum atomic E-state index is 0.529. The summed E-state index contributed by atoms with van der Waals surface area (Å²) in [6.45, 7) is 2.53. The fraction of sp³-hybridized carbons (Fsp3) is 0.188. The summed E-state index contributed by atoms with van der Waals surface area (Å²) >= 11 is 6.41. The maximum atomic E-state index is 6.41. The number of imidazole rings is 1. The molecule has 0 aliphatic rings. The van der Waals surface area contributed by atoms with Gasteiger partial charge in [0.2, 0.25) is 0 Å². The monoisotopic (exact) mass is 285 g/mol. The van der Waals surface area contributed by atoms with Crippen LogP contribution in [0.4, 0.5) is 0 Å². The third-order valence-corrected chi connectivity index (χ3v) is 4.12. The first kappa shape index (κ1) is 13.2. The molecule has 1 aromatic heterocycles. The number of hydrogen-bond donors (Lipinski definition) is 1. The highest BCUT2D eigenvalue weighted by Gasteiger charge is 2.13. The van der Waals surface area contributed by atoms with Crippen molar-refractivity contribution in [3.05, 3.63) is 52.5 Å². The molecule has 0 unspecified atom stereocenters. The maximum Gasteiger partial charge on any atom is 0.142 e. The van der Waals surface area contributed by atoms with Crippen molar-refractivity contribution in [2.45, 2.75) is 13.5 Å². The summed E-state index contributed by atoms with van der Waals surface area (Å²) in [6.07, 6.45) is 0. The average Bonchev–Trinajstić information content (AvgIpc) is 2.78. The van der Waals surface area contributed by atoms with E-state index >= 15 is 0 Å². The smallest absolute Gasteiger partial charge is 0.142 e. The number of nitrogens with two attached hydrogens (primary N) is 1. The molecule has 0 fully saturated rings. The molecule has 2 N–H and O–H groups in total. The number of aryl methyl sites for hydroxylation is 2. The van der Waals surface area contributed by atoms with Crippen LogP contribution in [0.25, 0.3) is 22.4 Å². The van der Waals surface area contributed by atoms with Crippen LogP contribution in [0, 0.1) is 6.92 Å². The Morgan fingerprint density at radius 2 is 2.05 bits per heavy atom. The average molecular weight is 286 g/mol. The zero-order valence-corrected chi connectivity index (χ0v) is 12.3. The number of halogens is 1. The normalized spacial score (nSPS) is 11.2. The Labute approximate surface area is 123 Å². The second-order valence-electron chi connectivity index (χ2n) is 4.96. The van der Waals surface area contributed by atoms with Crippen molar-refractivity contribution < 1.29 is 0 Å². The van der Waals surface area contributed by atoms with Crippen molar-refractivity contribution in [2.75, 3.05) is 0 Å². The van der Waals surface area contributed by atoms with Gasteiger partial charge in [0, 0.05) is 19.2 Å². The van der Waals surface area contributed by atoms with E-state index in [0.29, 0.717) is 6.54 Å². The van der Waals surface area contributed by atoms with Crippen molar-refractivity contribution in [1.29, 1.82) is 0 Å². The fourth-order valence-electron chi connectivity index (χ4n) is 2.42. The van der Waals surface area contributed by atoms with Gasteiger partial charge in [-0.15, -0.1) is 0 Å². The van der Waals surface area contributed by atoms with E-state index in [1.165, 1.54) is 0 Å². The molecule has 0 aliphatic heterocycles. The molecular weight excluding hydrogens is 270 g/mol. The second-order valence-corrected chi connectivity index (χ2v) is 5.34. The van der Waals surface area contributed by atoms with Gasteiger partial charge < -0.3 is 10.3 Å². The third-order valence-electron chi connectivity index (χ3n) is 3.61. The van der Waals surface area contributed by atoms with E-state index in [0.717, 1.165) is 38.6 Å². The molecule has 0 aliphatic carbocycles. The highest BCUT2D eigenvalue weighted by molar-refractivity contribution is 6.34. The van der Waals surface area contributed by atoms with Gasteiger partial charge >= 0.3 is 0 Å². The zero-order chi connectivity index (χ0) is 14.3. The second kappa shape index (κ2) is 4.93. The molecule has 0 saturated carbocycles. The van der Waals surface area contributed by atoms with Crippen LogP contribution in [0.1, 0.15) is 11.1 Å². The molecule has 20 heavy (non-hydrogen) atoms. The first-order chi connectivity index (χ1) is 9.61. The van der Waals surface area contributed by atoms with Crippen molar-refractivity contribution in [1.82, 2.24) is 9.55 Å². The van der Waals surface area contributed by atoms with Gasteiger partial charge in [0.25, 0.3) is 0 Å². The van der Waals surface area contributed by atoms with E-state index in [-0.39, 0.29) is 0 Å². The summed E-state index contributed by atoms with van der Waals surface area (Å²) in [5.74, 6) is 0.878. The lowest BCUT2D eigenvalue weighted by atomic mass is 10.1. The van der Waals surface area contributed by atoms with E-state index < -0.39 is 0 Å². The topological polar surface area (TPSA) is 43.8 Å². The minimum absolute atomic E-state index is 0.529. The fourth-order valence-corrected chi connectivity index (χ4v) is 2.63. The van der Waals surface area contributed by atoms with E-state index in [1.807, 2.05) is 44.3 Å². The lowest BCUT2D eigenvalue weighted by Crippen LogP contribution is -1.97. The quantitative estimate of drug-likeness (QED) is 0.781. The Morgan fingerprint density at radius 1 is 1.25 bits per heavy atom. The molecule has 0 bridgehead atoms. The van der Waals surface area contributed by atoms with Crippen molar-refractivity contribution >= 4 is 22.6 Å². The van der Waals surface area contributed by atoms with E-state index in [9.17, 15) is 0 Å². The SMILES string of the molecule is Cc1cccc(-c2nc3ccc(CN)cc3n2C)c1Cl. The summed E-state index contributed by atoms with van der Waals surface area (Å²) in [7, 11) is 2.00. The van der Waals surface area contributed by atoms with Crippen LogP contribution < -0.4 is 5.73 Å². The number of nitrogens with zero attached hydrogens (tertiary/aromatic N) is 2. The van der Waals surface area contributed by atoms with Gasteiger partial charge in [0.15, 0.2) is 0 Å². The number of benzene rings is 2. The number of fused-ring (bicyclic) bond motifs is 1. The summed E-state index contributed by atoms with van der Waals surface area (Å²) in [5, 5.41) is 0.755. The molecule has 102 valence electrons. The van der Waals surface area contributed by atoms with Crippen LogP contribution in [-0.2, 0) is 13.6 Å². The molecule has 1 heterocycles. The zero-order valence-electron chi connectivity index (χ0n) is 11.5. The molecule has 3 nitrogen and oxygen atoms in total. The van der Waals surface area contributed by atoms with Gasteiger partial charge in [-0.3, -0.25) is 0 Å². The highest BCUT2D eigenvalue weighted by atomic mass is 35.5. The van der Waals surface area contributed by atoms with Gasteiger partial charge in [-0.05, 0) is 36.2 Å². The third kappa shape index (κ3) is 1.99. The maximum absolute atomic E-state index is 6.41. The van der Waals surface area contributed by atoms with Crippen LogP contribution in [0.5, 0.6) is 0 Å². The van der Waals surface area contributed by atoms with E-state index in [2.05, 4.69) is 10.6 Å². The first-order valence-electron chi connectivity index (χ1n) is 6.52. The Hall–Kier alpha value is -1.84. The molecule has 2 aromatic carbocycles. The Morgan fingerprint density at radius 3 is 2.80 bits per heavy atom. The Kier molecular flexibility index (Phi) is 3.24. The number of hydrogen-bond acceptors (Lipinski definition) is 2. The largest absolute Gasteiger partial charge is 0.327 e. The van der Waals surface area contributed by atoms with Crippen LogP contribution in [0.3, 0.4) is 0 Å². The van der Waals surface area contributed by atoms with E-state index in [1.54, 1.807) is 0 Å². The summed E-state index contributed by atoms with van der Waals surface area (Å²) in [5.41, 5.74) is 10.8. The first-order valence-corrected chi connectivity index (χ1v) is 6.90. The van der Waals surface area contributed by atoms with Crippen LogP contribution in [0.15, 0.2) is 36.4 Å². The number of rotatable bonds is 2. The Balaban J connectivity index is 2.27. The van der Waals surface area contributed by atoms with Gasteiger partial charge in [-0.2, -0.15) is 0 Å². The molecule has 0 atom stereocenters. The van der Waals surface area contributed by atoms with Crippen LogP contribution in [0.2, 0.25) is 5.02 Å². The minimum Gasteiger partial charge on any atom is -0.327 e. The van der Waals surface area contributed by atoms with Crippen LogP contribution >= 0.6 is 11.6 Å². The number of aromatic nitrogens is 2. The van der Waals surface area contributed by atoms with Crippen LogP contribution in [-0.4, -0.2) is 9.55 Å². The lowest BCUT2D eigenvalue weighted by molar-refractivity contribution is 0.956. The molecule has 0 amide bonds. The molecule has 3 rings (SSSR count). The predicted molar refractivity (Wildman–Crippen MR) is 83.8 cm³/mol. The summed E-state index contributed by atoms with van der Waals surface area (Å²) in [4.78, 5) is 4.70. The molecular formula is C16H16ClN3. The lowest BCUT2D eigenvalue weighted by Gasteiger charge is -2.07. The molecule has 4 heteroatoms. The molecule has 0 radical (unpaired) electrons. The van der Waals surface area contributed by atoms with E-state index in [4.69, 9.17) is 22.3 Å². The van der Waals surface area contributed by atoms with Gasteiger partial charge in [-0.1, -0.05) is 29.8 Å². The standard InChI is InChI=1S/C16H16ClN3/c1-10-4-3-5-12(15(10)17)16-19-13-7-6-11(9-18)8-14(13)20(16)2/h3-8H,9,18H2,1-2H3. The molecule has 0 spiro atoms. The predicted octanol–water partition coefficient (Wildman–Crippen LogP) is 3.66. The molecule has 0 saturated heterocycles. The van der Waals surface area contributed by atoms with Gasteiger partial charge in [0.05, 0.1) is 16.1 Å². The van der Waals surface area contributed by atoms with Crippen molar-refractivity contribution in [2.24, 2.45) is 12.8 Å². The summed E-state index contributed by atoms with van der Waals surface area (Å²) < 4.78 is 2.06.